The number of benzene rings is 1. The molecule has 2 rings (SSSR count). The number of halogens is 1. The van der Waals surface area contributed by atoms with Gasteiger partial charge in [-0.15, -0.1) is 11.3 Å². The number of rotatable bonds is 5. The number of thiazole rings is 1. The Balaban J connectivity index is 2.01. The second-order valence-corrected chi connectivity index (χ2v) is 7.77. The molecule has 3 nitrogen and oxygen atoms in total. The molecule has 0 aliphatic rings. The highest BCUT2D eigenvalue weighted by Crippen LogP contribution is 2.28. The van der Waals surface area contributed by atoms with E-state index in [9.17, 15) is 0 Å². The van der Waals surface area contributed by atoms with Gasteiger partial charge in [-0.3, -0.25) is 0 Å². The summed E-state index contributed by atoms with van der Waals surface area (Å²) in [5.41, 5.74) is 7.97. The van der Waals surface area contributed by atoms with Crippen LogP contribution in [0.15, 0.2) is 28.1 Å². The summed E-state index contributed by atoms with van der Waals surface area (Å²) in [6.07, 6.45) is 0.875. The van der Waals surface area contributed by atoms with Crippen molar-refractivity contribution in [2.45, 2.75) is 39.2 Å². The maximum atomic E-state index is 5.85. The van der Waals surface area contributed by atoms with E-state index < -0.39 is 0 Å². The van der Waals surface area contributed by atoms with Gasteiger partial charge in [0.15, 0.2) is 0 Å². The molecule has 1 heterocycles. The van der Waals surface area contributed by atoms with Gasteiger partial charge in [0.25, 0.3) is 0 Å². The molecule has 0 fully saturated rings. The van der Waals surface area contributed by atoms with E-state index in [4.69, 9.17) is 10.5 Å². The molecule has 114 valence electrons. The van der Waals surface area contributed by atoms with Crippen LogP contribution >= 0.6 is 27.3 Å². The Kier molecular flexibility index (Phi) is 5.41. The molecule has 21 heavy (non-hydrogen) atoms. The first-order valence-corrected chi connectivity index (χ1v) is 8.63. The normalized spacial score (nSPS) is 11.7. The molecule has 5 heteroatoms. The number of hydrogen-bond donors (Lipinski definition) is 1. The Bertz CT molecular complexity index is 605. The Morgan fingerprint density at radius 1 is 1.33 bits per heavy atom. The summed E-state index contributed by atoms with van der Waals surface area (Å²) in [5.74, 6) is 0.836. The van der Waals surface area contributed by atoms with E-state index in [0.717, 1.165) is 27.3 Å². The zero-order valence-corrected chi connectivity index (χ0v) is 15.1. The van der Waals surface area contributed by atoms with E-state index in [1.54, 1.807) is 11.3 Å². The Morgan fingerprint density at radius 3 is 2.67 bits per heavy atom. The van der Waals surface area contributed by atoms with E-state index in [-0.39, 0.29) is 5.41 Å². The minimum atomic E-state index is 0.0825. The second-order valence-electron chi connectivity index (χ2n) is 5.97. The Hall–Kier alpha value is -0.910. The summed E-state index contributed by atoms with van der Waals surface area (Å²) in [5, 5.41) is 3.11. The van der Waals surface area contributed by atoms with Gasteiger partial charge in [-0.05, 0) is 46.6 Å². The van der Waals surface area contributed by atoms with Crippen LogP contribution in [0.1, 0.15) is 37.0 Å². The molecule has 1 aromatic carbocycles. The summed E-state index contributed by atoms with van der Waals surface area (Å²) in [4.78, 5) is 4.63. The van der Waals surface area contributed by atoms with Crippen molar-refractivity contribution in [2.24, 2.45) is 5.73 Å². The lowest BCUT2D eigenvalue weighted by Gasteiger charge is -2.14. The van der Waals surface area contributed by atoms with E-state index in [1.165, 1.54) is 5.56 Å². The monoisotopic (exact) mass is 368 g/mol. The molecule has 0 atom stereocenters. The number of ether oxygens (including phenoxy) is 1. The molecule has 0 aliphatic heterocycles. The van der Waals surface area contributed by atoms with Gasteiger partial charge in [-0.2, -0.15) is 0 Å². The van der Waals surface area contributed by atoms with Gasteiger partial charge in [0.2, 0.25) is 0 Å². The van der Waals surface area contributed by atoms with Gasteiger partial charge in [-0.1, -0.05) is 26.8 Å². The van der Waals surface area contributed by atoms with Crippen molar-refractivity contribution in [3.63, 3.8) is 0 Å². The zero-order chi connectivity index (χ0) is 15.5. The maximum absolute atomic E-state index is 5.85. The van der Waals surface area contributed by atoms with Crippen LogP contribution in [0.4, 0.5) is 0 Å². The molecule has 0 aliphatic carbocycles. The summed E-state index contributed by atoms with van der Waals surface area (Å²) in [7, 11) is 0. The molecule has 0 bridgehead atoms. The van der Waals surface area contributed by atoms with Gasteiger partial charge >= 0.3 is 0 Å². The lowest BCUT2D eigenvalue weighted by Crippen LogP contribution is -2.11. The van der Waals surface area contributed by atoms with Crippen molar-refractivity contribution in [3.05, 3.63) is 44.3 Å². The minimum absolute atomic E-state index is 0.0825. The first-order valence-electron chi connectivity index (χ1n) is 6.96. The number of aromatic nitrogens is 1. The molecule has 0 amide bonds. The van der Waals surface area contributed by atoms with Crippen molar-refractivity contribution in [1.82, 2.24) is 4.98 Å². The van der Waals surface area contributed by atoms with Crippen LogP contribution in [0.25, 0.3) is 0 Å². The Labute approximate surface area is 138 Å². The van der Waals surface area contributed by atoms with Gasteiger partial charge in [-0.25, -0.2) is 4.98 Å². The lowest BCUT2D eigenvalue weighted by atomic mass is 9.93. The minimum Gasteiger partial charge on any atom is -0.485 e. The summed E-state index contributed by atoms with van der Waals surface area (Å²) >= 11 is 5.19. The average molecular weight is 369 g/mol. The van der Waals surface area contributed by atoms with Crippen LogP contribution in [-0.4, -0.2) is 11.5 Å². The second kappa shape index (κ2) is 6.90. The third kappa shape index (κ3) is 4.53. The third-order valence-corrected chi connectivity index (χ3v) is 4.54. The molecular formula is C16H21BrN2OS. The highest BCUT2D eigenvalue weighted by Gasteiger charge is 2.17. The fraction of sp³-hybridized carbons (Fsp3) is 0.438. The maximum Gasteiger partial charge on any atom is 0.140 e. The zero-order valence-electron chi connectivity index (χ0n) is 12.6. The molecule has 0 unspecified atom stereocenters. The topological polar surface area (TPSA) is 48.1 Å². The van der Waals surface area contributed by atoms with Crippen molar-refractivity contribution < 1.29 is 4.74 Å². The molecule has 1 aromatic heterocycles. The van der Waals surface area contributed by atoms with E-state index >= 15 is 0 Å². The molecule has 2 aromatic rings. The smallest absolute Gasteiger partial charge is 0.140 e. The van der Waals surface area contributed by atoms with Crippen LogP contribution in [0.2, 0.25) is 0 Å². The van der Waals surface area contributed by atoms with Crippen LogP contribution < -0.4 is 10.5 Å². The van der Waals surface area contributed by atoms with Gasteiger partial charge in [0, 0.05) is 10.8 Å². The van der Waals surface area contributed by atoms with E-state index in [2.05, 4.69) is 59.2 Å². The van der Waals surface area contributed by atoms with Crippen LogP contribution in [0.3, 0.4) is 0 Å². The quantitative estimate of drug-likeness (QED) is 0.856. The lowest BCUT2D eigenvalue weighted by molar-refractivity contribution is 0.303. The van der Waals surface area contributed by atoms with Crippen molar-refractivity contribution in [1.29, 1.82) is 0 Å². The highest BCUT2D eigenvalue weighted by atomic mass is 79.9. The summed E-state index contributed by atoms with van der Waals surface area (Å²) in [6, 6.07) is 6.09. The van der Waals surface area contributed by atoms with Gasteiger partial charge < -0.3 is 10.5 Å². The van der Waals surface area contributed by atoms with Gasteiger partial charge in [0.1, 0.15) is 17.4 Å². The molecule has 0 radical (unpaired) electrons. The van der Waals surface area contributed by atoms with Crippen molar-refractivity contribution in [2.75, 3.05) is 6.54 Å². The largest absolute Gasteiger partial charge is 0.485 e. The molecule has 0 saturated carbocycles. The SMILES string of the molecule is CC(C)(C)c1csc(COc2ccc(CCN)cc2Br)n1. The van der Waals surface area contributed by atoms with Crippen LogP contribution in [0.5, 0.6) is 5.75 Å². The van der Waals surface area contributed by atoms with Crippen molar-refractivity contribution in [3.8, 4) is 5.75 Å². The predicted molar refractivity (Wildman–Crippen MR) is 92.0 cm³/mol. The number of nitrogens with zero attached hydrogens (tertiary/aromatic N) is 1. The van der Waals surface area contributed by atoms with Crippen LogP contribution in [0, 0.1) is 0 Å². The Morgan fingerprint density at radius 2 is 2.10 bits per heavy atom. The highest BCUT2D eigenvalue weighted by molar-refractivity contribution is 9.10. The molecular weight excluding hydrogens is 348 g/mol. The van der Waals surface area contributed by atoms with Crippen molar-refractivity contribution >= 4 is 27.3 Å². The first kappa shape index (κ1) is 16.5. The molecule has 2 N–H and O–H groups in total. The first-order chi connectivity index (χ1) is 9.90. The van der Waals surface area contributed by atoms with Gasteiger partial charge in [0.05, 0.1) is 10.2 Å². The third-order valence-electron chi connectivity index (χ3n) is 3.10. The fourth-order valence-electron chi connectivity index (χ4n) is 1.84. The fourth-order valence-corrected chi connectivity index (χ4v) is 3.32. The van der Waals surface area contributed by atoms with Crippen LogP contribution in [-0.2, 0) is 18.4 Å². The average Bonchev–Trinajstić information content (AvgIpc) is 2.87. The summed E-state index contributed by atoms with van der Waals surface area (Å²) in [6.45, 7) is 7.65. The number of nitrogens with two attached hydrogens (primary N) is 1. The standard InChI is InChI=1S/C16H21BrN2OS/c1-16(2,3)14-10-21-15(19-14)9-20-13-5-4-11(6-7-18)8-12(13)17/h4-5,8,10H,6-7,9,18H2,1-3H3. The number of hydrogen-bond acceptors (Lipinski definition) is 4. The molecule has 0 spiro atoms. The summed E-state index contributed by atoms with van der Waals surface area (Å²) < 4.78 is 6.81. The molecule has 0 saturated heterocycles. The van der Waals surface area contributed by atoms with E-state index in [0.29, 0.717) is 13.2 Å². The van der Waals surface area contributed by atoms with E-state index in [1.807, 2.05) is 6.07 Å². The predicted octanol–water partition coefficient (Wildman–Crippen LogP) is 4.28.